The van der Waals surface area contributed by atoms with Gasteiger partial charge in [0.25, 0.3) is 0 Å². The van der Waals surface area contributed by atoms with E-state index in [9.17, 15) is 9.90 Å². The summed E-state index contributed by atoms with van der Waals surface area (Å²) in [5, 5.41) is 9.55. The lowest BCUT2D eigenvalue weighted by Gasteiger charge is -2.21. The molecule has 0 saturated carbocycles. The van der Waals surface area contributed by atoms with Gasteiger partial charge < -0.3 is 14.6 Å². The maximum atomic E-state index is 11.6. The topological polar surface area (TPSA) is 45.5 Å². The molecule has 3 rings (SSSR count). The van der Waals surface area contributed by atoms with Crippen molar-refractivity contribution in [1.29, 1.82) is 0 Å². The third kappa shape index (κ3) is 2.42. The molecule has 1 saturated heterocycles. The third-order valence-electron chi connectivity index (χ3n) is 4.19. The summed E-state index contributed by atoms with van der Waals surface area (Å²) >= 11 is 0. The predicted octanol–water partition coefficient (Wildman–Crippen LogP) is 3.39. The quantitative estimate of drug-likeness (QED) is 0.939. The van der Waals surface area contributed by atoms with Crippen LogP contribution in [0.3, 0.4) is 0 Å². The molecule has 1 fully saturated rings. The van der Waals surface area contributed by atoms with Crippen molar-refractivity contribution in [2.24, 2.45) is 0 Å². The summed E-state index contributed by atoms with van der Waals surface area (Å²) in [6, 6.07) is 9.84. The first-order valence-corrected chi connectivity index (χ1v) is 7.35. The second-order valence-electron chi connectivity index (χ2n) is 5.65. The minimum Gasteiger partial charge on any atom is -0.478 e. The number of hydrogen-bond acceptors (Lipinski definition) is 2. The van der Waals surface area contributed by atoms with Crippen LogP contribution in [0.4, 0.5) is 5.69 Å². The lowest BCUT2D eigenvalue weighted by Crippen LogP contribution is -2.21. The van der Waals surface area contributed by atoms with Crippen molar-refractivity contribution in [3.8, 4) is 5.69 Å². The van der Waals surface area contributed by atoms with Crippen molar-refractivity contribution in [3.63, 3.8) is 0 Å². The molecule has 1 N–H and O–H groups in total. The summed E-state index contributed by atoms with van der Waals surface area (Å²) in [5.41, 5.74) is 4.36. The number of carbonyl (C=O) groups is 1. The number of carboxylic acids is 1. The van der Waals surface area contributed by atoms with Crippen LogP contribution in [0, 0.1) is 13.8 Å². The fourth-order valence-corrected chi connectivity index (χ4v) is 3.14. The summed E-state index contributed by atoms with van der Waals surface area (Å²) in [6.07, 6.45) is 2.27. The van der Waals surface area contributed by atoms with E-state index < -0.39 is 5.97 Å². The molecule has 0 aliphatic carbocycles. The second-order valence-corrected chi connectivity index (χ2v) is 5.65. The first-order chi connectivity index (χ1) is 10.1. The summed E-state index contributed by atoms with van der Waals surface area (Å²) in [6.45, 7) is 5.95. The highest BCUT2D eigenvalue weighted by Crippen LogP contribution is 2.28. The molecule has 0 amide bonds. The lowest BCUT2D eigenvalue weighted by molar-refractivity contribution is 0.0697. The number of anilines is 1. The first kappa shape index (κ1) is 13.7. The Morgan fingerprint density at radius 3 is 2.24 bits per heavy atom. The number of rotatable bonds is 3. The second kappa shape index (κ2) is 5.28. The number of nitrogens with zero attached hydrogens (tertiary/aromatic N) is 2. The van der Waals surface area contributed by atoms with Crippen molar-refractivity contribution in [2.45, 2.75) is 26.7 Å². The van der Waals surface area contributed by atoms with E-state index in [1.165, 1.54) is 0 Å². The van der Waals surface area contributed by atoms with Gasteiger partial charge in [0, 0.05) is 30.2 Å². The van der Waals surface area contributed by atoms with Gasteiger partial charge >= 0.3 is 5.97 Å². The van der Waals surface area contributed by atoms with E-state index in [1.54, 1.807) is 6.07 Å². The predicted molar refractivity (Wildman–Crippen MR) is 83.6 cm³/mol. The van der Waals surface area contributed by atoms with Gasteiger partial charge in [0.05, 0.1) is 11.3 Å². The Kier molecular flexibility index (Phi) is 3.45. The molecular weight excluding hydrogens is 264 g/mol. The van der Waals surface area contributed by atoms with Crippen LogP contribution in [-0.4, -0.2) is 28.7 Å². The maximum absolute atomic E-state index is 11.6. The maximum Gasteiger partial charge on any atom is 0.337 e. The van der Waals surface area contributed by atoms with Crippen LogP contribution >= 0.6 is 0 Å². The van der Waals surface area contributed by atoms with E-state index in [0.29, 0.717) is 5.56 Å². The van der Waals surface area contributed by atoms with Crippen molar-refractivity contribution >= 4 is 11.7 Å². The van der Waals surface area contributed by atoms with Crippen molar-refractivity contribution in [1.82, 2.24) is 4.57 Å². The summed E-state index contributed by atoms with van der Waals surface area (Å²) in [7, 11) is 0. The Bertz CT molecular complexity index is 663. The van der Waals surface area contributed by atoms with Crippen molar-refractivity contribution < 1.29 is 9.90 Å². The molecule has 4 nitrogen and oxygen atoms in total. The molecule has 0 radical (unpaired) electrons. The van der Waals surface area contributed by atoms with E-state index in [1.807, 2.05) is 38.1 Å². The standard InChI is InChI=1S/C17H20N2O2/c1-12-5-6-13(2)19(12)14-7-8-16(15(11-14)17(20)21)18-9-3-4-10-18/h5-8,11H,3-4,9-10H2,1-2H3,(H,20,21). The van der Waals surface area contributed by atoms with Crippen molar-refractivity contribution in [2.75, 3.05) is 18.0 Å². The molecule has 0 bridgehead atoms. The highest BCUT2D eigenvalue weighted by molar-refractivity contribution is 5.95. The molecule has 1 aromatic heterocycles. The molecule has 1 aromatic carbocycles. The van der Waals surface area contributed by atoms with Gasteiger partial charge in [-0.2, -0.15) is 0 Å². The number of hydrogen-bond donors (Lipinski definition) is 1. The SMILES string of the molecule is Cc1ccc(C)n1-c1ccc(N2CCCC2)c(C(=O)O)c1. The molecule has 1 aliphatic rings. The van der Waals surface area contributed by atoms with Crippen LogP contribution in [0.15, 0.2) is 30.3 Å². The fraction of sp³-hybridized carbons (Fsp3) is 0.353. The van der Waals surface area contributed by atoms with E-state index in [4.69, 9.17) is 0 Å². The number of aryl methyl sites for hydroxylation is 2. The lowest BCUT2D eigenvalue weighted by atomic mass is 10.1. The highest BCUT2D eigenvalue weighted by Gasteiger charge is 2.20. The van der Waals surface area contributed by atoms with Crippen LogP contribution in [0.1, 0.15) is 34.6 Å². The molecule has 0 spiro atoms. The zero-order valence-electron chi connectivity index (χ0n) is 12.5. The molecule has 0 unspecified atom stereocenters. The van der Waals surface area contributed by atoms with Crippen LogP contribution in [-0.2, 0) is 0 Å². The Morgan fingerprint density at radius 2 is 1.67 bits per heavy atom. The third-order valence-corrected chi connectivity index (χ3v) is 4.19. The van der Waals surface area contributed by atoms with E-state index in [2.05, 4.69) is 9.47 Å². The van der Waals surface area contributed by atoms with Gasteiger partial charge in [0.15, 0.2) is 0 Å². The number of aromatic carboxylic acids is 1. The molecule has 110 valence electrons. The van der Waals surface area contributed by atoms with E-state index >= 15 is 0 Å². The van der Waals surface area contributed by atoms with Crippen LogP contribution in [0.5, 0.6) is 0 Å². The normalized spacial score (nSPS) is 14.7. The summed E-state index contributed by atoms with van der Waals surface area (Å²) in [5.74, 6) is -0.860. The van der Waals surface area contributed by atoms with Gasteiger partial charge in [-0.25, -0.2) is 4.79 Å². The number of carboxylic acid groups (broad SMARTS) is 1. The van der Waals surface area contributed by atoms with Crippen molar-refractivity contribution in [3.05, 3.63) is 47.3 Å². The van der Waals surface area contributed by atoms with E-state index in [-0.39, 0.29) is 0 Å². The van der Waals surface area contributed by atoms with Crippen LogP contribution in [0.2, 0.25) is 0 Å². The first-order valence-electron chi connectivity index (χ1n) is 7.35. The smallest absolute Gasteiger partial charge is 0.337 e. The minimum atomic E-state index is -0.860. The van der Waals surface area contributed by atoms with Gasteiger partial charge in [-0.15, -0.1) is 0 Å². The zero-order chi connectivity index (χ0) is 15.0. The number of benzene rings is 1. The van der Waals surface area contributed by atoms with Gasteiger partial charge in [-0.1, -0.05) is 0 Å². The molecule has 1 aliphatic heterocycles. The largest absolute Gasteiger partial charge is 0.478 e. The highest BCUT2D eigenvalue weighted by atomic mass is 16.4. The molecule has 2 heterocycles. The molecule has 2 aromatic rings. The van der Waals surface area contributed by atoms with Crippen LogP contribution in [0.25, 0.3) is 5.69 Å². The van der Waals surface area contributed by atoms with E-state index in [0.717, 1.165) is 48.7 Å². The Balaban J connectivity index is 2.09. The average Bonchev–Trinajstić information content (AvgIpc) is 3.09. The summed E-state index contributed by atoms with van der Waals surface area (Å²) in [4.78, 5) is 13.8. The zero-order valence-corrected chi connectivity index (χ0v) is 12.5. The Labute approximate surface area is 124 Å². The van der Waals surface area contributed by atoms with Gasteiger partial charge in [-0.3, -0.25) is 0 Å². The number of aromatic nitrogens is 1. The van der Waals surface area contributed by atoms with Gasteiger partial charge in [0.2, 0.25) is 0 Å². The Morgan fingerprint density at radius 1 is 1.05 bits per heavy atom. The molecule has 0 atom stereocenters. The molecular formula is C17H20N2O2. The van der Waals surface area contributed by atoms with Gasteiger partial charge in [-0.05, 0) is 57.0 Å². The Hall–Kier alpha value is -2.23. The fourth-order valence-electron chi connectivity index (χ4n) is 3.14. The summed E-state index contributed by atoms with van der Waals surface area (Å²) < 4.78 is 2.08. The monoisotopic (exact) mass is 284 g/mol. The minimum absolute atomic E-state index is 0.391. The molecule has 21 heavy (non-hydrogen) atoms. The van der Waals surface area contributed by atoms with Gasteiger partial charge in [0.1, 0.15) is 0 Å². The molecule has 4 heteroatoms. The average molecular weight is 284 g/mol. The van der Waals surface area contributed by atoms with Crippen LogP contribution < -0.4 is 4.90 Å².